The second-order valence-electron chi connectivity index (χ2n) is 4.27. The first-order valence-corrected chi connectivity index (χ1v) is 6.58. The van der Waals surface area contributed by atoms with E-state index >= 15 is 0 Å². The maximum atomic E-state index is 13.3. The van der Waals surface area contributed by atoms with Gasteiger partial charge < -0.3 is 4.74 Å². The monoisotopic (exact) mass is 339 g/mol. The zero-order valence-electron chi connectivity index (χ0n) is 10.6. The molecule has 20 heavy (non-hydrogen) atoms. The molecule has 104 valence electrons. The smallest absolute Gasteiger partial charge is 0.272 e. The summed E-state index contributed by atoms with van der Waals surface area (Å²) < 4.78 is 19.7. The van der Waals surface area contributed by atoms with Gasteiger partial charge in [0, 0.05) is 10.5 Å². The molecular weight excluding hydrogens is 329 g/mol. The highest BCUT2D eigenvalue weighted by molar-refractivity contribution is 9.10. The van der Waals surface area contributed by atoms with Crippen LogP contribution in [-0.2, 0) is 6.61 Å². The third-order valence-electron chi connectivity index (χ3n) is 2.69. The highest BCUT2D eigenvalue weighted by atomic mass is 79.9. The van der Waals surface area contributed by atoms with Gasteiger partial charge >= 0.3 is 0 Å². The van der Waals surface area contributed by atoms with E-state index < -0.39 is 10.7 Å². The largest absolute Gasteiger partial charge is 0.489 e. The third kappa shape index (κ3) is 3.54. The minimum atomic E-state index is -0.648. The number of benzene rings is 2. The van der Waals surface area contributed by atoms with Crippen LogP contribution in [0.15, 0.2) is 40.9 Å². The molecule has 0 radical (unpaired) electrons. The van der Waals surface area contributed by atoms with Gasteiger partial charge in [0.15, 0.2) is 0 Å². The fourth-order valence-corrected chi connectivity index (χ4v) is 1.94. The van der Waals surface area contributed by atoms with Crippen molar-refractivity contribution >= 4 is 21.6 Å². The Labute approximate surface area is 123 Å². The van der Waals surface area contributed by atoms with E-state index in [9.17, 15) is 14.5 Å². The van der Waals surface area contributed by atoms with Gasteiger partial charge in [-0.2, -0.15) is 0 Å². The first-order valence-electron chi connectivity index (χ1n) is 5.78. The van der Waals surface area contributed by atoms with Gasteiger partial charge in [0.2, 0.25) is 0 Å². The summed E-state index contributed by atoms with van der Waals surface area (Å²) in [5.74, 6) is -0.0256. The average Bonchev–Trinajstić information content (AvgIpc) is 2.39. The fourth-order valence-electron chi connectivity index (χ4n) is 1.70. The summed E-state index contributed by atoms with van der Waals surface area (Å²) in [6, 6.07) is 8.85. The summed E-state index contributed by atoms with van der Waals surface area (Å²) in [6.45, 7) is 1.99. The van der Waals surface area contributed by atoms with E-state index in [-0.39, 0.29) is 12.3 Å². The number of nitrogens with zero attached hydrogens (tertiary/aromatic N) is 1. The quantitative estimate of drug-likeness (QED) is 0.613. The molecule has 0 amide bonds. The molecule has 0 unspecified atom stereocenters. The van der Waals surface area contributed by atoms with Crippen LogP contribution in [0.1, 0.15) is 11.1 Å². The summed E-state index contributed by atoms with van der Waals surface area (Å²) in [6.07, 6.45) is 0. The molecule has 0 fully saturated rings. The Morgan fingerprint density at radius 1 is 1.30 bits per heavy atom. The van der Waals surface area contributed by atoms with Crippen molar-refractivity contribution in [3.8, 4) is 5.75 Å². The van der Waals surface area contributed by atoms with E-state index in [2.05, 4.69) is 15.9 Å². The molecule has 2 aromatic rings. The molecule has 4 nitrogen and oxygen atoms in total. The Balaban J connectivity index is 2.14. The standard InChI is InChI=1S/C14H11BrFNO3/c1-9-4-13(2-3-14(9)15)20-8-10-5-11(16)7-12(6-10)17(18)19/h2-7H,8H2,1H3. The van der Waals surface area contributed by atoms with Crippen molar-refractivity contribution in [3.63, 3.8) is 0 Å². The van der Waals surface area contributed by atoms with Gasteiger partial charge in [-0.15, -0.1) is 0 Å². The van der Waals surface area contributed by atoms with Crippen LogP contribution in [0.2, 0.25) is 0 Å². The van der Waals surface area contributed by atoms with Crippen LogP contribution in [0.4, 0.5) is 10.1 Å². The van der Waals surface area contributed by atoms with Crippen molar-refractivity contribution in [1.82, 2.24) is 0 Å². The number of halogens is 2. The Kier molecular flexibility index (Phi) is 4.34. The van der Waals surface area contributed by atoms with Gasteiger partial charge in [0.05, 0.1) is 11.0 Å². The van der Waals surface area contributed by atoms with Crippen LogP contribution in [0, 0.1) is 22.9 Å². The number of hydrogen-bond donors (Lipinski definition) is 0. The summed E-state index contributed by atoms with van der Waals surface area (Å²) in [5.41, 5.74) is 1.14. The maximum absolute atomic E-state index is 13.3. The Bertz CT molecular complexity index is 661. The van der Waals surface area contributed by atoms with Crippen molar-refractivity contribution in [2.75, 3.05) is 0 Å². The number of aryl methyl sites for hydroxylation is 1. The SMILES string of the molecule is Cc1cc(OCc2cc(F)cc([N+](=O)[O-])c2)ccc1Br. The van der Waals surface area contributed by atoms with Gasteiger partial charge in [-0.3, -0.25) is 10.1 Å². The van der Waals surface area contributed by atoms with Crippen LogP contribution >= 0.6 is 15.9 Å². The van der Waals surface area contributed by atoms with Crippen molar-refractivity contribution in [3.05, 3.63) is 67.9 Å². The minimum Gasteiger partial charge on any atom is -0.489 e. The van der Waals surface area contributed by atoms with Gasteiger partial charge in [-0.05, 0) is 42.3 Å². The molecule has 0 spiro atoms. The maximum Gasteiger partial charge on any atom is 0.272 e. The summed E-state index contributed by atoms with van der Waals surface area (Å²) in [7, 11) is 0. The Morgan fingerprint density at radius 2 is 2.05 bits per heavy atom. The Hall–Kier alpha value is -1.95. The summed E-state index contributed by atoms with van der Waals surface area (Å²) >= 11 is 3.38. The third-order valence-corrected chi connectivity index (χ3v) is 3.58. The molecule has 0 saturated carbocycles. The summed E-state index contributed by atoms with van der Waals surface area (Å²) in [5, 5.41) is 10.7. The van der Waals surface area contributed by atoms with E-state index in [0.29, 0.717) is 11.3 Å². The van der Waals surface area contributed by atoms with Crippen LogP contribution in [0.25, 0.3) is 0 Å². The molecule has 0 heterocycles. The molecule has 0 aromatic heterocycles. The van der Waals surface area contributed by atoms with Crippen molar-refractivity contribution in [1.29, 1.82) is 0 Å². The first-order chi connectivity index (χ1) is 9.45. The fraction of sp³-hybridized carbons (Fsp3) is 0.143. The predicted octanol–water partition coefficient (Wildman–Crippen LogP) is 4.38. The van der Waals surface area contributed by atoms with Gasteiger partial charge in [-0.1, -0.05) is 15.9 Å². The van der Waals surface area contributed by atoms with Crippen molar-refractivity contribution in [2.24, 2.45) is 0 Å². The molecule has 0 atom stereocenters. The topological polar surface area (TPSA) is 52.4 Å². The highest BCUT2D eigenvalue weighted by Gasteiger charge is 2.10. The molecule has 0 aliphatic heterocycles. The van der Waals surface area contributed by atoms with Gasteiger partial charge in [0.25, 0.3) is 5.69 Å². The van der Waals surface area contributed by atoms with Gasteiger partial charge in [-0.25, -0.2) is 4.39 Å². The number of nitro benzene ring substituents is 1. The minimum absolute atomic E-state index is 0.0691. The van der Waals surface area contributed by atoms with E-state index in [4.69, 9.17) is 4.74 Å². The normalized spacial score (nSPS) is 10.3. The van der Waals surface area contributed by atoms with Gasteiger partial charge in [0.1, 0.15) is 18.2 Å². The zero-order chi connectivity index (χ0) is 14.7. The lowest BCUT2D eigenvalue weighted by molar-refractivity contribution is -0.385. The number of non-ortho nitro benzene ring substituents is 1. The molecule has 0 saturated heterocycles. The molecule has 0 aliphatic carbocycles. The van der Waals surface area contributed by atoms with Crippen LogP contribution < -0.4 is 4.74 Å². The van der Waals surface area contributed by atoms with Crippen molar-refractivity contribution < 1.29 is 14.1 Å². The van der Waals surface area contributed by atoms with E-state index in [0.717, 1.165) is 16.1 Å². The number of ether oxygens (including phenoxy) is 1. The average molecular weight is 340 g/mol. The lowest BCUT2D eigenvalue weighted by atomic mass is 10.2. The van der Waals surface area contributed by atoms with Crippen LogP contribution in [-0.4, -0.2) is 4.92 Å². The van der Waals surface area contributed by atoms with E-state index in [1.807, 2.05) is 19.1 Å². The molecular formula is C14H11BrFNO3. The van der Waals surface area contributed by atoms with Crippen LogP contribution in [0.5, 0.6) is 5.75 Å². The number of nitro groups is 1. The zero-order valence-corrected chi connectivity index (χ0v) is 12.2. The lowest BCUT2D eigenvalue weighted by Crippen LogP contribution is -1.98. The predicted molar refractivity (Wildman–Crippen MR) is 76.3 cm³/mol. The lowest BCUT2D eigenvalue weighted by Gasteiger charge is -2.08. The highest BCUT2D eigenvalue weighted by Crippen LogP contribution is 2.23. The molecule has 2 rings (SSSR count). The van der Waals surface area contributed by atoms with E-state index in [1.165, 1.54) is 12.1 Å². The van der Waals surface area contributed by atoms with Crippen LogP contribution in [0.3, 0.4) is 0 Å². The molecule has 6 heteroatoms. The Morgan fingerprint density at radius 3 is 2.70 bits per heavy atom. The van der Waals surface area contributed by atoms with Crippen molar-refractivity contribution in [2.45, 2.75) is 13.5 Å². The number of hydrogen-bond acceptors (Lipinski definition) is 3. The molecule has 0 N–H and O–H groups in total. The van der Waals surface area contributed by atoms with E-state index in [1.54, 1.807) is 6.07 Å². The number of rotatable bonds is 4. The second kappa shape index (κ2) is 6.00. The second-order valence-corrected chi connectivity index (χ2v) is 5.13. The summed E-state index contributed by atoms with van der Waals surface area (Å²) in [4.78, 5) is 10.0. The molecule has 0 aliphatic rings. The first kappa shape index (κ1) is 14.5. The molecule has 2 aromatic carbocycles. The molecule has 0 bridgehead atoms.